The first-order valence-electron chi connectivity index (χ1n) is 9.92. The summed E-state index contributed by atoms with van der Waals surface area (Å²) in [5.74, 6) is 0.808. The Bertz CT molecular complexity index is 936. The smallest absolute Gasteiger partial charge is 0.258 e. The number of carbonyl (C=O) groups excluding carboxylic acids is 1. The van der Waals surface area contributed by atoms with Gasteiger partial charge in [0.05, 0.1) is 18.3 Å². The molecule has 0 aliphatic carbocycles. The van der Waals surface area contributed by atoms with E-state index in [1.807, 2.05) is 54.2 Å². The lowest BCUT2D eigenvalue weighted by molar-refractivity contribution is 0.1000. The van der Waals surface area contributed by atoms with Gasteiger partial charge >= 0.3 is 0 Å². The molecule has 29 heavy (non-hydrogen) atoms. The highest BCUT2D eigenvalue weighted by Crippen LogP contribution is 2.26. The van der Waals surface area contributed by atoms with Crippen molar-refractivity contribution in [3.63, 3.8) is 0 Å². The number of carbonyl (C=O) groups is 1. The maximum Gasteiger partial charge on any atom is 0.258 e. The number of anilines is 1. The Kier molecular flexibility index (Phi) is 6.64. The van der Waals surface area contributed by atoms with Gasteiger partial charge in [0.1, 0.15) is 0 Å². The second kappa shape index (κ2) is 9.76. The Balaban J connectivity index is 1.33. The van der Waals surface area contributed by atoms with Gasteiger partial charge in [-0.2, -0.15) is 16.9 Å². The highest BCUT2D eigenvalue weighted by atomic mass is 32.2. The molecule has 1 N–H and O–H groups in total. The van der Waals surface area contributed by atoms with Gasteiger partial charge in [0, 0.05) is 36.1 Å². The van der Waals surface area contributed by atoms with E-state index < -0.39 is 0 Å². The van der Waals surface area contributed by atoms with Crippen LogP contribution in [0.1, 0.15) is 34.3 Å². The molecular weight excluding hydrogens is 382 g/mol. The molecule has 0 unspecified atom stereocenters. The van der Waals surface area contributed by atoms with Crippen LogP contribution in [0, 0.1) is 0 Å². The summed E-state index contributed by atoms with van der Waals surface area (Å²) in [5.41, 5.74) is 3.75. The topological polar surface area (TPSA) is 56.1 Å². The molecule has 1 aromatic heterocycles. The largest absolute Gasteiger partial charge is 0.381 e. The zero-order valence-electron chi connectivity index (χ0n) is 16.3. The standard InChI is InChI=1S/C23H25N3O2S/c27-23(20-14-24-26(16-20)15-18-5-2-1-3-6-18)25-21-8-4-7-19(13-21)17-29-22-9-11-28-12-10-22/h1-8,13-14,16,22H,9-12,15,17H2,(H,25,27). The molecule has 1 saturated heterocycles. The summed E-state index contributed by atoms with van der Waals surface area (Å²) in [5, 5.41) is 7.97. The molecule has 0 bridgehead atoms. The van der Waals surface area contributed by atoms with Gasteiger partial charge in [-0.3, -0.25) is 9.48 Å². The quantitative estimate of drug-likeness (QED) is 0.622. The number of aromatic nitrogens is 2. The van der Waals surface area contributed by atoms with Crippen molar-refractivity contribution >= 4 is 23.4 Å². The van der Waals surface area contributed by atoms with Crippen LogP contribution in [0.3, 0.4) is 0 Å². The maximum atomic E-state index is 12.6. The van der Waals surface area contributed by atoms with Gasteiger partial charge in [-0.1, -0.05) is 42.5 Å². The van der Waals surface area contributed by atoms with E-state index >= 15 is 0 Å². The van der Waals surface area contributed by atoms with Crippen LogP contribution in [-0.2, 0) is 17.0 Å². The SMILES string of the molecule is O=C(Nc1cccc(CSC2CCOCC2)c1)c1cnn(Cc2ccccc2)c1. The number of rotatable bonds is 7. The van der Waals surface area contributed by atoms with Crippen molar-refractivity contribution in [3.8, 4) is 0 Å². The second-order valence-electron chi connectivity index (χ2n) is 7.19. The van der Waals surface area contributed by atoms with Crippen LogP contribution in [0.15, 0.2) is 67.0 Å². The molecule has 0 atom stereocenters. The summed E-state index contributed by atoms with van der Waals surface area (Å²) in [6.07, 6.45) is 5.64. The van der Waals surface area contributed by atoms with Crippen molar-refractivity contribution in [2.24, 2.45) is 0 Å². The predicted molar refractivity (Wildman–Crippen MR) is 117 cm³/mol. The van der Waals surface area contributed by atoms with E-state index in [-0.39, 0.29) is 5.91 Å². The van der Waals surface area contributed by atoms with Crippen LogP contribution < -0.4 is 5.32 Å². The fourth-order valence-electron chi connectivity index (χ4n) is 3.34. The molecule has 2 heterocycles. The predicted octanol–water partition coefficient (Wildman–Crippen LogP) is 4.60. The van der Waals surface area contributed by atoms with E-state index in [4.69, 9.17) is 4.74 Å². The zero-order chi connectivity index (χ0) is 19.9. The van der Waals surface area contributed by atoms with Crippen molar-refractivity contribution < 1.29 is 9.53 Å². The van der Waals surface area contributed by atoms with Crippen LogP contribution in [0.4, 0.5) is 5.69 Å². The van der Waals surface area contributed by atoms with Gasteiger partial charge in [-0.15, -0.1) is 0 Å². The minimum Gasteiger partial charge on any atom is -0.381 e. The molecular formula is C23H25N3O2S. The van der Waals surface area contributed by atoms with Crippen LogP contribution in [0.25, 0.3) is 0 Å². The third-order valence-electron chi connectivity index (χ3n) is 4.92. The number of amides is 1. The lowest BCUT2D eigenvalue weighted by Crippen LogP contribution is -2.17. The van der Waals surface area contributed by atoms with E-state index in [1.54, 1.807) is 17.1 Å². The molecule has 2 aromatic carbocycles. The molecule has 3 aromatic rings. The summed E-state index contributed by atoms with van der Waals surface area (Å²) in [4.78, 5) is 12.6. The monoisotopic (exact) mass is 407 g/mol. The Labute approximate surface area is 175 Å². The van der Waals surface area contributed by atoms with E-state index in [0.29, 0.717) is 17.4 Å². The Hall–Kier alpha value is -2.57. The van der Waals surface area contributed by atoms with E-state index in [2.05, 4.69) is 22.5 Å². The molecule has 4 rings (SSSR count). The third kappa shape index (κ3) is 5.71. The number of benzene rings is 2. The molecule has 0 saturated carbocycles. The number of thioether (sulfide) groups is 1. The number of hydrogen-bond acceptors (Lipinski definition) is 4. The highest BCUT2D eigenvalue weighted by molar-refractivity contribution is 7.99. The molecule has 150 valence electrons. The van der Waals surface area contributed by atoms with Crippen molar-refractivity contribution in [2.75, 3.05) is 18.5 Å². The first-order valence-corrected chi connectivity index (χ1v) is 11.0. The zero-order valence-corrected chi connectivity index (χ0v) is 17.1. The van der Waals surface area contributed by atoms with Crippen LogP contribution in [0.5, 0.6) is 0 Å². The summed E-state index contributed by atoms with van der Waals surface area (Å²) in [6, 6.07) is 18.2. The van der Waals surface area contributed by atoms with Crippen molar-refractivity contribution in [1.29, 1.82) is 0 Å². The molecule has 1 fully saturated rings. The first-order chi connectivity index (χ1) is 14.3. The minimum atomic E-state index is -0.140. The molecule has 0 radical (unpaired) electrons. The van der Waals surface area contributed by atoms with Crippen LogP contribution in [-0.4, -0.2) is 34.2 Å². The average Bonchev–Trinajstić information content (AvgIpc) is 3.23. The minimum absolute atomic E-state index is 0.140. The molecule has 0 spiro atoms. The van der Waals surface area contributed by atoms with E-state index in [9.17, 15) is 4.79 Å². The average molecular weight is 408 g/mol. The molecule has 1 aliphatic heterocycles. The molecule has 1 amide bonds. The second-order valence-corrected chi connectivity index (χ2v) is 8.48. The fraction of sp³-hybridized carbons (Fsp3) is 0.304. The summed E-state index contributed by atoms with van der Waals surface area (Å²) >= 11 is 1.97. The number of ether oxygens (including phenoxy) is 1. The molecule has 6 heteroatoms. The van der Waals surface area contributed by atoms with Crippen molar-refractivity contribution in [1.82, 2.24) is 9.78 Å². The molecule has 1 aliphatic rings. The number of nitrogens with zero attached hydrogens (tertiary/aromatic N) is 2. The Morgan fingerprint density at radius 1 is 1.10 bits per heavy atom. The number of hydrogen-bond donors (Lipinski definition) is 1. The Morgan fingerprint density at radius 3 is 2.72 bits per heavy atom. The van der Waals surface area contributed by atoms with Crippen LogP contribution >= 0.6 is 11.8 Å². The first kappa shape index (κ1) is 19.7. The fourth-order valence-corrected chi connectivity index (χ4v) is 4.47. The highest BCUT2D eigenvalue weighted by Gasteiger charge is 2.14. The van der Waals surface area contributed by atoms with E-state index in [0.717, 1.165) is 43.1 Å². The van der Waals surface area contributed by atoms with Gasteiger partial charge in [-0.05, 0) is 36.1 Å². The number of nitrogens with one attached hydrogen (secondary N) is 1. The summed E-state index contributed by atoms with van der Waals surface area (Å²) < 4.78 is 7.21. The third-order valence-corrected chi connectivity index (χ3v) is 6.36. The normalized spacial score (nSPS) is 14.6. The summed E-state index contributed by atoms with van der Waals surface area (Å²) in [7, 11) is 0. The maximum absolute atomic E-state index is 12.6. The lowest BCUT2D eigenvalue weighted by Gasteiger charge is -2.21. The van der Waals surface area contributed by atoms with E-state index in [1.165, 1.54) is 5.56 Å². The van der Waals surface area contributed by atoms with Gasteiger partial charge in [0.15, 0.2) is 0 Å². The Morgan fingerprint density at radius 2 is 1.90 bits per heavy atom. The lowest BCUT2D eigenvalue weighted by atomic mass is 10.2. The molecule has 5 nitrogen and oxygen atoms in total. The van der Waals surface area contributed by atoms with Gasteiger partial charge in [-0.25, -0.2) is 0 Å². The van der Waals surface area contributed by atoms with Crippen molar-refractivity contribution in [2.45, 2.75) is 30.4 Å². The van der Waals surface area contributed by atoms with Crippen molar-refractivity contribution in [3.05, 3.63) is 83.7 Å². The van der Waals surface area contributed by atoms with Gasteiger partial charge in [0.25, 0.3) is 5.91 Å². The van der Waals surface area contributed by atoms with Gasteiger partial charge in [0.2, 0.25) is 0 Å². The summed E-state index contributed by atoms with van der Waals surface area (Å²) in [6.45, 7) is 2.38. The van der Waals surface area contributed by atoms with Gasteiger partial charge < -0.3 is 10.1 Å². The van der Waals surface area contributed by atoms with Crippen LogP contribution in [0.2, 0.25) is 0 Å².